The standard InChI is InChI=1S/C19H18FN3O2/c20-17-10-14(23-11-15(5-7-21)25-19(23)24)3-4-16(17)13-2-1-12-6-8-22-18(12)9-13/h1-4,6,8-10,15,22H,5,7,11,21H2/t15-/m0/s1. The van der Waals surface area contributed by atoms with Crippen molar-refractivity contribution in [2.24, 2.45) is 5.73 Å². The van der Waals surface area contributed by atoms with Crippen molar-refractivity contribution in [2.45, 2.75) is 12.5 Å². The predicted octanol–water partition coefficient (Wildman–Crippen LogP) is 3.65. The average Bonchev–Trinajstić information content (AvgIpc) is 3.20. The molecule has 1 atom stereocenters. The molecule has 1 saturated heterocycles. The van der Waals surface area contributed by atoms with Crippen molar-refractivity contribution >= 4 is 22.7 Å². The first kappa shape index (κ1) is 15.7. The Morgan fingerprint density at radius 2 is 2.12 bits per heavy atom. The van der Waals surface area contributed by atoms with Gasteiger partial charge < -0.3 is 15.5 Å². The monoisotopic (exact) mass is 339 g/mol. The normalized spacial score (nSPS) is 17.3. The minimum Gasteiger partial charge on any atom is -0.444 e. The molecule has 5 nitrogen and oxygen atoms in total. The summed E-state index contributed by atoms with van der Waals surface area (Å²) in [5.41, 5.74) is 8.22. The molecule has 2 aromatic carbocycles. The molecule has 0 aliphatic carbocycles. The third-order valence-electron chi connectivity index (χ3n) is 4.49. The Labute approximate surface area is 144 Å². The molecule has 1 aliphatic heterocycles. The van der Waals surface area contributed by atoms with Crippen LogP contribution in [0.15, 0.2) is 48.7 Å². The zero-order valence-corrected chi connectivity index (χ0v) is 13.5. The van der Waals surface area contributed by atoms with Gasteiger partial charge in [0.1, 0.15) is 11.9 Å². The quantitative estimate of drug-likeness (QED) is 0.762. The summed E-state index contributed by atoms with van der Waals surface area (Å²) in [6, 6.07) is 12.5. The fourth-order valence-corrected chi connectivity index (χ4v) is 3.19. The number of anilines is 1. The van der Waals surface area contributed by atoms with Gasteiger partial charge in [-0.2, -0.15) is 0 Å². The topological polar surface area (TPSA) is 71.3 Å². The van der Waals surface area contributed by atoms with Gasteiger partial charge in [0.05, 0.1) is 12.2 Å². The summed E-state index contributed by atoms with van der Waals surface area (Å²) < 4.78 is 19.9. The number of nitrogens with zero attached hydrogens (tertiary/aromatic N) is 1. The van der Waals surface area contributed by atoms with Crippen LogP contribution in [0.25, 0.3) is 22.0 Å². The van der Waals surface area contributed by atoms with E-state index < -0.39 is 6.09 Å². The molecule has 128 valence electrons. The van der Waals surface area contributed by atoms with Crippen molar-refractivity contribution in [3.8, 4) is 11.1 Å². The number of amides is 1. The number of carbonyl (C=O) groups is 1. The summed E-state index contributed by atoms with van der Waals surface area (Å²) in [5, 5.41) is 1.08. The molecule has 0 saturated carbocycles. The van der Waals surface area contributed by atoms with E-state index in [2.05, 4.69) is 4.98 Å². The Kier molecular flexibility index (Phi) is 3.89. The fourth-order valence-electron chi connectivity index (χ4n) is 3.19. The van der Waals surface area contributed by atoms with E-state index in [1.165, 1.54) is 11.0 Å². The van der Waals surface area contributed by atoms with Gasteiger partial charge in [-0.05, 0) is 54.2 Å². The Balaban J connectivity index is 1.63. The number of fused-ring (bicyclic) bond motifs is 1. The molecule has 1 aliphatic rings. The highest BCUT2D eigenvalue weighted by molar-refractivity contribution is 5.90. The molecule has 1 amide bonds. The molecule has 1 fully saturated rings. The number of nitrogens with two attached hydrogens (primary N) is 1. The van der Waals surface area contributed by atoms with Crippen LogP contribution < -0.4 is 10.6 Å². The minimum absolute atomic E-state index is 0.240. The van der Waals surface area contributed by atoms with Crippen molar-refractivity contribution < 1.29 is 13.9 Å². The number of ether oxygens (including phenoxy) is 1. The summed E-state index contributed by atoms with van der Waals surface area (Å²) in [6.45, 7) is 0.837. The van der Waals surface area contributed by atoms with Gasteiger partial charge in [0.2, 0.25) is 0 Å². The number of aromatic nitrogens is 1. The minimum atomic E-state index is -0.460. The number of hydrogen-bond acceptors (Lipinski definition) is 3. The number of aromatic amines is 1. The molecule has 4 rings (SSSR count). The number of hydrogen-bond donors (Lipinski definition) is 2. The molecule has 1 aromatic heterocycles. The van der Waals surface area contributed by atoms with Crippen molar-refractivity contribution in [3.05, 3.63) is 54.5 Å². The lowest BCUT2D eigenvalue weighted by Gasteiger charge is -2.14. The predicted molar refractivity (Wildman–Crippen MR) is 95.0 cm³/mol. The zero-order valence-electron chi connectivity index (χ0n) is 13.5. The summed E-state index contributed by atoms with van der Waals surface area (Å²) in [6.07, 6.45) is 1.75. The molecule has 3 N–H and O–H groups in total. The second-order valence-electron chi connectivity index (χ2n) is 6.14. The highest BCUT2D eigenvalue weighted by atomic mass is 19.1. The van der Waals surface area contributed by atoms with Gasteiger partial charge >= 0.3 is 6.09 Å². The van der Waals surface area contributed by atoms with E-state index in [9.17, 15) is 9.18 Å². The van der Waals surface area contributed by atoms with Gasteiger partial charge in [0.15, 0.2) is 0 Å². The maximum Gasteiger partial charge on any atom is 0.414 e. The van der Waals surface area contributed by atoms with E-state index in [1.807, 2.05) is 30.5 Å². The number of benzene rings is 2. The van der Waals surface area contributed by atoms with E-state index in [0.717, 1.165) is 16.5 Å². The number of carbonyl (C=O) groups excluding carboxylic acids is 1. The molecular weight excluding hydrogens is 321 g/mol. The molecule has 25 heavy (non-hydrogen) atoms. The van der Waals surface area contributed by atoms with Gasteiger partial charge in [0.25, 0.3) is 0 Å². The van der Waals surface area contributed by atoms with Crippen LogP contribution in [0.5, 0.6) is 0 Å². The summed E-state index contributed by atoms with van der Waals surface area (Å²) in [7, 11) is 0. The van der Waals surface area contributed by atoms with Crippen LogP contribution in [0, 0.1) is 5.82 Å². The van der Waals surface area contributed by atoms with Crippen molar-refractivity contribution in [1.82, 2.24) is 4.98 Å². The summed E-state index contributed by atoms with van der Waals surface area (Å²) in [5.74, 6) is -0.376. The third-order valence-corrected chi connectivity index (χ3v) is 4.49. The average molecular weight is 339 g/mol. The van der Waals surface area contributed by atoms with Crippen LogP contribution >= 0.6 is 0 Å². The number of halogens is 1. The highest BCUT2D eigenvalue weighted by Crippen LogP contribution is 2.30. The number of nitrogens with one attached hydrogen (secondary N) is 1. The lowest BCUT2D eigenvalue weighted by atomic mass is 10.0. The molecule has 0 spiro atoms. The smallest absolute Gasteiger partial charge is 0.414 e. The first-order chi connectivity index (χ1) is 12.2. The first-order valence-corrected chi connectivity index (χ1v) is 8.21. The van der Waals surface area contributed by atoms with Gasteiger partial charge in [-0.1, -0.05) is 12.1 Å². The van der Waals surface area contributed by atoms with E-state index in [1.54, 1.807) is 12.1 Å². The van der Waals surface area contributed by atoms with Crippen LogP contribution in [0.3, 0.4) is 0 Å². The Hall–Kier alpha value is -2.86. The molecule has 6 heteroatoms. The van der Waals surface area contributed by atoms with Crippen molar-refractivity contribution in [2.75, 3.05) is 18.0 Å². The van der Waals surface area contributed by atoms with Crippen LogP contribution in [0.1, 0.15) is 6.42 Å². The maximum atomic E-state index is 14.7. The Morgan fingerprint density at radius 3 is 2.92 bits per heavy atom. The summed E-state index contributed by atoms with van der Waals surface area (Å²) in [4.78, 5) is 16.6. The third kappa shape index (κ3) is 2.85. The SMILES string of the molecule is NCC[C@H]1CN(c2ccc(-c3ccc4cc[nH]c4c3)c(F)c2)C(=O)O1. The lowest BCUT2D eigenvalue weighted by Crippen LogP contribution is -2.25. The van der Waals surface area contributed by atoms with Gasteiger partial charge in [-0.15, -0.1) is 0 Å². The van der Waals surface area contributed by atoms with Crippen LogP contribution in [0.4, 0.5) is 14.9 Å². The Bertz CT molecular complexity index is 937. The molecule has 3 aromatic rings. The lowest BCUT2D eigenvalue weighted by molar-refractivity contribution is 0.138. The molecule has 0 bridgehead atoms. The second-order valence-corrected chi connectivity index (χ2v) is 6.14. The van der Waals surface area contributed by atoms with Crippen molar-refractivity contribution in [1.29, 1.82) is 0 Å². The molecule has 2 heterocycles. The van der Waals surface area contributed by atoms with Gasteiger partial charge in [-0.25, -0.2) is 9.18 Å². The van der Waals surface area contributed by atoms with Crippen LogP contribution in [-0.4, -0.2) is 30.3 Å². The second kappa shape index (κ2) is 6.22. The Morgan fingerprint density at radius 1 is 1.24 bits per heavy atom. The number of rotatable bonds is 4. The molecule has 0 unspecified atom stereocenters. The number of H-pyrrole nitrogens is 1. The van der Waals surface area contributed by atoms with Gasteiger partial charge in [-0.3, -0.25) is 4.90 Å². The van der Waals surface area contributed by atoms with E-state index in [-0.39, 0.29) is 11.9 Å². The fraction of sp³-hybridized carbons (Fsp3) is 0.211. The molecule has 0 radical (unpaired) electrons. The zero-order chi connectivity index (χ0) is 17.4. The van der Waals surface area contributed by atoms with E-state index in [4.69, 9.17) is 10.5 Å². The summed E-state index contributed by atoms with van der Waals surface area (Å²) >= 11 is 0. The van der Waals surface area contributed by atoms with Gasteiger partial charge in [0, 0.05) is 17.3 Å². The van der Waals surface area contributed by atoms with Crippen LogP contribution in [0.2, 0.25) is 0 Å². The first-order valence-electron chi connectivity index (χ1n) is 8.21. The largest absolute Gasteiger partial charge is 0.444 e. The number of cyclic esters (lactones) is 1. The van der Waals surface area contributed by atoms with Crippen molar-refractivity contribution in [3.63, 3.8) is 0 Å². The molecular formula is C19H18FN3O2. The highest BCUT2D eigenvalue weighted by Gasteiger charge is 2.32. The maximum absolute atomic E-state index is 14.7. The van der Waals surface area contributed by atoms with Crippen LogP contribution in [-0.2, 0) is 4.74 Å². The van der Waals surface area contributed by atoms with E-state index >= 15 is 0 Å². The van der Waals surface area contributed by atoms with E-state index in [0.29, 0.717) is 30.8 Å².